The molecule has 2 atom stereocenters. The number of amides is 3. The van der Waals surface area contributed by atoms with E-state index in [1.54, 1.807) is 33.8 Å². The normalized spacial score (nSPS) is 18.8. The van der Waals surface area contributed by atoms with Crippen LogP contribution < -0.4 is 21.5 Å². The van der Waals surface area contributed by atoms with Crippen LogP contribution in [0.25, 0.3) is 11.3 Å². The third-order valence-corrected chi connectivity index (χ3v) is 7.43. The SMILES string of the molecule is COc1ccc(F)cc1C(=O)NCc1ccc(-c2nn(C3CCN(C(=O)[C@@H]4C[C@H]4F)CC3)c(N)c2C(N)=O)cc1. The van der Waals surface area contributed by atoms with Crippen molar-refractivity contribution in [1.82, 2.24) is 20.0 Å². The quantitative estimate of drug-likeness (QED) is 0.392. The van der Waals surface area contributed by atoms with Gasteiger partial charge in [0, 0.05) is 25.2 Å². The Bertz CT molecular complexity index is 1450. The lowest BCUT2D eigenvalue weighted by Gasteiger charge is -2.32. The molecule has 1 aliphatic heterocycles. The molecule has 1 aromatic heterocycles. The first kappa shape index (κ1) is 27.1. The molecule has 0 bridgehead atoms. The summed E-state index contributed by atoms with van der Waals surface area (Å²) in [5.41, 5.74) is 13.9. The number of carbonyl (C=O) groups excluding carboxylic acids is 3. The van der Waals surface area contributed by atoms with Gasteiger partial charge in [0.15, 0.2) is 0 Å². The van der Waals surface area contributed by atoms with Gasteiger partial charge in [-0.15, -0.1) is 0 Å². The minimum Gasteiger partial charge on any atom is -0.496 e. The van der Waals surface area contributed by atoms with Gasteiger partial charge in [0.25, 0.3) is 11.8 Å². The average molecular weight is 553 g/mol. The molecule has 10 nitrogen and oxygen atoms in total. The second-order valence-corrected chi connectivity index (χ2v) is 10.1. The van der Waals surface area contributed by atoms with Crippen LogP contribution >= 0.6 is 0 Å². The minimum atomic E-state index is -1.03. The summed E-state index contributed by atoms with van der Waals surface area (Å²) in [6.45, 7) is 1.07. The van der Waals surface area contributed by atoms with Gasteiger partial charge in [-0.1, -0.05) is 24.3 Å². The van der Waals surface area contributed by atoms with E-state index >= 15 is 0 Å². The largest absolute Gasteiger partial charge is 0.496 e. The number of benzene rings is 2. The summed E-state index contributed by atoms with van der Waals surface area (Å²) in [7, 11) is 1.40. The fourth-order valence-corrected chi connectivity index (χ4v) is 5.07. The van der Waals surface area contributed by atoms with Crippen LogP contribution in [0.1, 0.15) is 51.6 Å². The van der Waals surface area contributed by atoms with Crippen molar-refractivity contribution >= 4 is 23.5 Å². The van der Waals surface area contributed by atoms with Gasteiger partial charge in [0.2, 0.25) is 5.91 Å². The molecule has 210 valence electrons. The van der Waals surface area contributed by atoms with Crippen LogP contribution in [0.15, 0.2) is 42.5 Å². The lowest BCUT2D eigenvalue weighted by molar-refractivity contribution is -0.134. The zero-order valence-corrected chi connectivity index (χ0v) is 21.9. The molecule has 3 aromatic rings. The van der Waals surface area contributed by atoms with Gasteiger partial charge >= 0.3 is 0 Å². The third kappa shape index (κ3) is 5.33. The highest BCUT2D eigenvalue weighted by atomic mass is 19.1. The number of anilines is 1. The number of nitrogen functional groups attached to an aromatic ring is 1. The van der Waals surface area contributed by atoms with E-state index in [0.29, 0.717) is 43.6 Å². The lowest BCUT2D eigenvalue weighted by atomic mass is 10.0. The van der Waals surface area contributed by atoms with Crippen molar-refractivity contribution in [3.8, 4) is 17.0 Å². The van der Waals surface area contributed by atoms with Gasteiger partial charge in [-0.25, -0.2) is 13.5 Å². The predicted octanol–water partition coefficient (Wildman–Crippen LogP) is 2.83. The molecular formula is C28H30F2N6O4. The molecule has 1 saturated carbocycles. The maximum absolute atomic E-state index is 13.6. The minimum absolute atomic E-state index is 0.0839. The molecule has 0 radical (unpaired) electrons. The summed E-state index contributed by atoms with van der Waals surface area (Å²) in [5.74, 6) is -2.00. The van der Waals surface area contributed by atoms with E-state index in [9.17, 15) is 23.2 Å². The summed E-state index contributed by atoms with van der Waals surface area (Å²) < 4.78 is 33.7. The molecule has 5 N–H and O–H groups in total. The van der Waals surface area contributed by atoms with Gasteiger partial charge < -0.3 is 26.4 Å². The highest BCUT2D eigenvalue weighted by Crippen LogP contribution is 2.37. The Kier molecular flexibility index (Phi) is 7.42. The van der Waals surface area contributed by atoms with E-state index in [0.717, 1.165) is 11.6 Å². The maximum Gasteiger partial charge on any atom is 0.255 e. The summed E-state index contributed by atoms with van der Waals surface area (Å²) in [6, 6.07) is 10.6. The molecule has 2 heterocycles. The Morgan fingerprint density at radius 2 is 1.80 bits per heavy atom. The van der Waals surface area contributed by atoms with E-state index < -0.39 is 29.7 Å². The van der Waals surface area contributed by atoms with Gasteiger partial charge in [0.1, 0.15) is 34.8 Å². The number of primary amides is 1. The first-order chi connectivity index (χ1) is 19.2. The zero-order valence-electron chi connectivity index (χ0n) is 21.9. The number of aromatic nitrogens is 2. The molecule has 40 heavy (non-hydrogen) atoms. The van der Waals surface area contributed by atoms with E-state index in [-0.39, 0.29) is 41.2 Å². The van der Waals surface area contributed by atoms with Crippen molar-refractivity contribution < 1.29 is 27.9 Å². The van der Waals surface area contributed by atoms with E-state index in [2.05, 4.69) is 10.4 Å². The van der Waals surface area contributed by atoms with Crippen LogP contribution in [0.4, 0.5) is 14.6 Å². The number of halogens is 2. The highest BCUT2D eigenvalue weighted by molar-refractivity contribution is 6.03. The summed E-state index contributed by atoms with van der Waals surface area (Å²) in [5, 5.41) is 7.37. The first-order valence-electron chi connectivity index (χ1n) is 13.0. The third-order valence-electron chi connectivity index (χ3n) is 7.43. The van der Waals surface area contributed by atoms with Crippen LogP contribution in [0.2, 0.25) is 0 Å². The monoisotopic (exact) mass is 552 g/mol. The molecule has 0 unspecified atom stereocenters. The van der Waals surface area contributed by atoms with E-state index in [1.807, 2.05) is 0 Å². The average Bonchev–Trinajstić information content (AvgIpc) is 3.59. The van der Waals surface area contributed by atoms with E-state index in [1.165, 1.54) is 19.2 Å². The Balaban J connectivity index is 1.28. The number of nitrogens with zero attached hydrogens (tertiary/aromatic N) is 3. The van der Waals surface area contributed by atoms with Crippen LogP contribution in [0, 0.1) is 11.7 Å². The smallest absolute Gasteiger partial charge is 0.255 e. The van der Waals surface area contributed by atoms with Crippen molar-refractivity contribution in [3.63, 3.8) is 0 Å². The number of piperidine rings is 1. The van der Waals surface area contributed by atoms with Crippen molar-refractivity contribution in [3.05, 3.63) is 65.0 Å². The van der Waals surface area contributed by atoms with Gasteiger partial charge in [-0.05, 0) is 43.0 Å². The summed E-state index contributed by atoms with van der Waals surface area (Å²) in [6.07, 6.45) is 0.386. The van der Waals surface area contributed by atoms with Crippen LogP contribution in [0.5, 0.6) is 5.75 Å². The second-order valence-electron chi connectivity index (χ2n) is 10.1. The molecule has 2 aromatic carbocycles. The number of hydrogen-bond acceptors (Lipinski definition) is 6. The number of ether oxygens (including phenoxy) is 1. The van der Waals surface area contributed by atoms with Gasteiger partial charge in [-0.3, -0.25) is 14.4 Å². The molecule has 5 rings (SSSR count). The molecule has 1 aliphatic carbocycles. The van der Waals surface area contributed by atoms with Crippen molar-refractivity contribution in [2.24, 2.45) is 11.7 Å². The first-order valence-corrected chi connectivity index (χ1v) is 13.0. The van der Waals surface area contributed by atoms with Gasteiger partial charge in [-0.2, -0.15) is 5.10 Å². The Hall–Kier alpha value is -4.48. The highest BCUT2D eigenvalue weighted by Gasteiger charge is 2.46. The number of rotatable bonds is 8. The van der Waals surface area contributed by atoms with Crippen LogP contribution in [-0.2, 0) is 11.3 Å². The van der Waals surface area contributed by atoms with Crippen molar-refractivity contribution in [1.29, 1.82) is 0 Å². The Labute approximate surface area is 229 Å². The molecule has 0 spiro atoms. The molecule has 1 saturated heterocycles. The molecule has 2 fully saturated rings. The van der Waals surface area contributed by atoms with Crippen molar-refractivity contribution in [2.45, 2.75) is 38.0 Å². The number of carbonyl (C=O) groups is 3. The number of likely N-dealkylation sites (tertiary alicyclic amines) is 1. The maximum atomic E-state index is 13.6. The predicted molar refractivity (Wildman–Crippen MR) is 143 cm³/mol. The van der Waals surface area contributed by atoms with Crippen LogP contribution in [0.3, 0.4) is 0 Å². The molecular weight excluding hydrogens is 522 g/mol. The molecule has 12 heteroatoms. The number of nitrogens with two attached hydrogens (primary N) is 2. The lowest BCUT2D eigenvalue weighted by Crippen LogP contribution is -2.40. The summed E-state index contributed by atoms with van der Waals surface area (Å²) >= 11 is 0. The number of methoxy groups -OCH3 is 1. The van der Waals surface area contributed by atoms with Crippen molar-refractivity contribution in [2.75, 3.05) is 25.9 Å². The standard InChI is InChI=1S/C28H30F2N6O4/c1-40-22-7-6-17(29)12-20(22)27(38)33-14-15-2-4-16(5-3-15)24-23(26(32)37)25(31)36(34-24)18-8-10-35(11-9-18)28(39)19-13-21(19)30/h2-7,12,18-19,21H,8-11,13-14,31H2,1H3,(H2,32,37)(H,33,38)/t19-,21-/m1/s1. The fraction of sp³-hybridized carbons (Fsp3) is 0.357. The Morgan fingerprint density at radius 3 is 2.40 bits per heavy atom. The fourth-order valence-electron chi connectivity index (χ4n) is 5.07. The second kappa shape index (κ2) is 10.9. The molecule has 2 aliphatic rings. The number of hydrogen-bond donors (Lipinski definition) is 3. The topological polar surface area (TPSA) is 146 Å². The Morgan fingerprint density at radius 1 is 1.12 bits per heavy atom. The molecule has 3 amide bonds. The number of alkyl halides is 1. The number of nitrogens with one attached hydrogen (secondary N) is 1. The van der Waals surface area contributed by atoms with Gasteiger partial charge in [0.05, 0.1) is 24.6 Å². The van der Waals surface area contributed by atoms with Crippen LogP contribution in [-0.4, -0.2) is 58.8 Å². The zero-order chi connectivity index (χ0) is 28.6. The summed E-state index contributed by atoms with van der Waals surface area (Å²) in [4.78, 5) is 39.0. The van der Waals surface area contributed by atoms with E-state index in [4.69, 9.17) is 16.2 Å².